The van der Waals surface area contributed by atoms with Crippen molar-refractivity contribution < 1.29 is 27.1 Å². The van der Waals surface area contributed by atoms with Gasteiger partial charge in [-0.05, 0) is 54.1 Å². The Kier molecular flexibility index (Phi) is 6.00. The van der Waals surface area contributed by atoms with Crippen LogP contribution in [-0.2, 0) is 10.0 Å². The Balaban J connectivity index is 1.66. The highest BCUT2D eigenvalue weighted by Crippen LogP contribution is 2.39. The number of hydrogen-bond acceptors (Lipinski definition) is 5. The second-order valence-corrected chi connectivity index (χ2v) is 10.4. The number of amides is 1. The SMILES string of the molecule is CS(=O)(=O)Nc1ccc2sc(C(=O)Nc3cc(Cl)cc(-c4ccc(F)cc4F)c3)c(O)c2c1. The van der Waals surface area contributed by atoms with E-state index in [0.717, 1.165) is 29.7 Å². The van der Waals surface area contributed by atoms with E-state index in [0.29, 0.717) is 15.6 Å². The summed E-state index contributed by atoms with van der Waals surface area (Å²) in [5, 5.41) is 13.7. The minimum Gasteiger partial charge on any atom is -0.506 e. The van der Waals surface area contributed by atoms with E-state index in [2.05, 4.69) is 10.0 Å². The molecule has 3 aromatic carbocycles. The molecule has 11 heteroatoms. The molecule has 4 aromatic rings. The molecule has 0 bridgehead atoms. The van der Waals surface area contributed by atoms with Gasteiger partial charge in [0.2, 0.25) is 10.0 Å². The van der Waals surface area contributed by atoms with Crippen molar-refractivity contribution >= 4 is 60.3 Å². The van der Waals surface area contributed by atoms with Crippen LogP contribution < -0.4 is 10.0 Å². The van der Waals surface area contributed by atoms with E-state index in [1.54, 1.807) is 6.07 Å². The third-order valence-electron chi connectivity index (χ3n) is 4.57. The molecule has 0 unspecified atom stereocenters. The molecule has 33 heavy (non-hydrogen) atoms. The molecule has 3 N–H and O–H groups in total. The van der Waals surface area contributed by atoms with Crippen LogP contribution in [0.3, 0.4) is 0 Å². The zero-order valence-electron chi connectivity index (χ0n) is 16.8. The van der Waals surface area contributed by atoms with E-state index < -0.39 is 27.6 Å². The summed E-state index contributed by atoms with van der Waals surface area (Å²) in [4.78, 5) is 12.8. The highest BCUT2D eigenvalue weighted by molar-refractivity contribution is 7.92. The first-order chi connectivity index (χ1) is 15.5. The summed E-state index contributed by atoms with van der Waals surface area (Å²) in [6.07, 6.45) is 1.00. The van der Waals surface area contributed by atoms with E-state index in [-0.39, 0.29) is 32.6 Å². The standard InChI is InChI=1S/C22H15ClF2N2O4S2/c1-33(30,31)27-14-3-5-19-17(10-14)20(28)21(32-19)22(29)26-15-7-11(6-12(23)8-15)16-4-2-13(24)9-18(16)25/h2-10,27-28H,1H3,(H,26,29). The number of rotatable bonds is 5. The van der Waals surface area contributed by atoms with Crippen LogP contribution in [0, 0.1) is 11.6 Å². The fourth-order valence-corrected chi connectivity index (χ4v) is 5.01. The average molecular weight is 509 g/mol. The maximum atomic E-state index is 14.2. The van der Waals surface area contributed by atoms with Gasteiger partial charge in [0.1, 0.15) is 22.3 Å². The Morgan fingerprint density at radius 1 is 1.03 bits per heavy atom. The van der Waals surface area contributed by atoms with Gasteiger partial charge in [-0.15, -0.1) is 11.3 Å². The van der Waals surface area contributed by atoms with E-state index in [1.807, 2.05) is 0 Å². The topological polar surface area (TPSA) is 95.5 Å². The van der Waals surface area contributed by atoms with Crippen molar-refractivity contribution in [3.8, 4) is 16.9 Å². The smallest absolute Gasteiger partial charge is 0.269 e. The number of carbonyl (C=O) groups is 1. The average Bonchev–Trinajstić information content (AvgIpc) is 3.02. The Labute approximate surface area is 196 Å². The van der Waals surface area contributed by atoms with Crippen molar-refractivity contribution in [3.63, 3.8) is 0 Å². The molecule has 1 aromatic heterocycles. The van der Waals surface area contributed by atoms with Crippen LogP contribution in [0.25, 0.3) is 21.2 Å². The molecule has 0 atom stereocenters. The number of sulfonamides is 1. The summed E-state index contributed by atoms with van der Waals surface area (Å²) in [7, 11) is -3.51. The first-order valence-electron chi connectivity index (χ1n) is 9.31. The second-order valence-electron chi connectivity index (χ2n) is 7.17. The molecule has 0 aliphatic heterocycles. The number of carbonyl (C=O) groups excluding carboxylic acids is 1. The summed E-state index contributed by atoms with van der Waals surface area (Å²) in [6.45, 7) is 0. The molecule has 0 aliphatic carbocycles. The summed E-state index contributed by atoms with van der Waals surface area (Å²) < 4.78 is 53.2. The van der Waals surface area contributed by atoms with Gasteiger partial charge in [-0.25, -0.2) is 17.2 Å². The van der Waals surface area contributed by atoms with E-state index in [1.165, 1.54) is 36.4 Å². The van der Waals surface area contributed by atoms with Crippen LogP contribution in [-0.4, -0.2) is 25.7 Å². The molecule has 0 saturated carbocycles. The Hall–Kier alpha value is -3.21. The van der Waals surface area contributed by atoms with E-state index >= 15 is 0 Å². The number of aromatic hydroxyl groups is 1. The summed E-state index contributed by atoms with van der Waals surface area (Å²) >= 11 is 7.14. The number of hydrogen-bond donors (Lipinski definition) is 3. The third-order valence-corrected chi connectivity index (χ3v) is 6.55. The molecule has 6 nitrogen and oxygen atoms in total. The van der Waals surface area contributed by atoms with Crippen molar-refractivity contribution in [1.29, 1.82) is 0 Å². The fraction of sp³-hybridized carbons (Fsp3) is 0.0455. The summed E-state index contributed by atoms with van der Waals surface area (Å²) in [5.74, 6) is -2.45. The number of anilines is 2. The zero-order valence-corrected chi connectivity index (χ0v) is 19.2. The fourth-order valence-electron chi connectivity index (χ4n) is 3.24. The van der Waals surface area contributed by atoms with Crippen molar-refractivity contribution in [1.82, 2.24) is 0 Å². The van der Waals surface area contributed by atoms with Crippen LogP contribution in [0.5, 0.6) is 5.75 Å². The van der Waals surface area contributed by atoms with Crippen molar-refractivity contribution in [2.24, 2.45) is 0 Å². The molecule has 0 saturated heterocycles. The van der Waals surface area contributed by atoms with Gasteiger partial charge in [-0.1, -0.05) is 11.6 Å². The monoisotopic (exact) mass is 508 g/mol. The molecule has 0 radical (unpaired) electrons. The van der Waals surface area contributed by atoms with Crippen LogP contribution in [0.1, 0.15) is 9.67 Å². The van der Waals surface area contributed by atoms with Gasteiger partial charge < -0.3 is 10.4 Å². The lowest BCUT2D eigenvalue weighted by Gasteiger charge is -2.09. The number of fused-ring (bicyclic) bond motifs is 1. The van der Waals surface area contributed by atoms with Crippen molar-refractivity contribution in [3.05, 3.63) is 76.1 Å². The summed E-state index contributed by atoms with van der Waals surface area (Å²) in [5.41, 5.74) is 0.908. The normalized spacial score (nSPS) is 11.5. The highest BCUT2D eigenvalue weighted by Gasteiger charge is 2.20. The predicted molar refractivity (Wildman–Crippen MR) is 127 cm³/mol. The Morgan fingerprint density at radius 2 is 1.79 bits per heavy atom. The van der Waals surface area contributed by atoms with Gasteiger partial charge in [-0.3, -0.25) is 9.52 Å². The minimum absolute atomic E-state index is 0.00371. The molecule has 0 fully saturated rings. The Bertz CT molecular complexity index is 1520. The van der Waals surface area contributed by atoms with E-state index in [9.17, 15) is 27.1 Å². The van der Waals surface area contributed by atoms with Gasteiger partial charge in [-0.2, -0.15) is 0 Å². The van der Waals surface area contributed by atoms with Crippen LogP contribution >= 0.6 is 22.9 Å². The number of benzene rings is 3. The van der Waals surface area contributed by atoms with Crippen LogP contribution in [0.4, 0.5) is 20.2 Å². The largest absolute Gasteiger partial charge is 0.506 e. The van der Waals surface area contributed by atoms with Gasteiger partial charge in [0.15, 0.2) is 0 Å². The molecular formula is C22H15ClF2N2O4S2. The predicted octanol–water partition coefficient (Wildman–Crippen LogP) is 5.83. The maximum absolute atomic E-state index is 14.2. The first kappa shape index (κ1) is 23.0. The molecule has 1 heterocycles. The molecule has 0 spiro atoms. The summed E-state index contributed by atoms with van der Waals surface area (Å²) in [6, 6.07) is 12.0. The van der Waals surface area contributed by atoms with Gasteiger partial charge >= 0.3 is 0 Å². The molecule has 4 rings (SSSR count). The second kappa shape index (κ2) is 8.62. The lowest BCUT2D eigenvalue weighted by atomic mass is 10.0. The van der Waals surface area contributed by atoms with Gasteiger partial charge in [0, 0.05) is 38.1 Å². The molecule has 1 amide bonds. The van der Waals surface area contributed by atoms with Crippen molar-refractivity contribution in [2.45, 2.75) is 0 Å². The van der Waals surface area contributed by atoms with Gasteiger partial charge in [0.25, 0.3) is 5.91 Å². The minimum atomic E-state index is -3.51. The first-order valence-corrected chi connectivity index (χ1v) is 12.4. The number of thiophene rings is 1. The Morgan fingerprint density at radius 3 is 2.48 bits per heavy atom. The maximum Gasteiger partial charge on any atom is 0.269 e. The third kappa shape index (κ3) is 5.08. The van der Waals surface area contributed by atoms with E-state index in [4.69, 9.17) is 11.6 Å². The highest BCUT2D eigenvalue weighted by atomic mass is 35.5. The van der Waals surface area contributed by atoms with Gasteiger partial charge in [0.05, 0.1) is 6.26 Å². The number of halogens is 3. The quantitative estimate of drug-likeness (QED) is 0.316. The molecule has 170 valence electrons. The zero-order chi connectivity index (χ0) is 23.9. The van der Waals surface area contributed by atoms with Crippen molar-refractivity contribution in [2.75, 3.05) is 16.3 Å². The van der Waals surface area contributed by atoms with Crippen LogP contribution in [0.2, 0.25) is 5.02 Å². The number of nitrogens with one attached hydrogen (secondary N) is 2. The lowest BCUT2D eigenvalue weighted by molar-refractivity contribution is 0.102. The molecular weight excluding hydrogens is 494 g/mol. The lowest BCUT2D eigenvalue weighted by Crippen LogP contribution is -2.10. The molecule has 0 aliphatic rings. The van der Waals surface area contributed by atoms with Crippen LogP contribution in [0.15, 0.2) is 54.6 Å².